The highest BCUT2D eigenvalue weighted by Gasteiger charge is 2.20. The zero-order valence-corrected chi connectivity index (χ0v) is 16.7. The number of hydrogen-bond donors (Lipinski definition) is 6. The molecule has 1 aliphatic heterocycles. The Balaban J connectivity index is 1.59. The number of amides is 1. The van der Waals surface area contributed by atoms with Gasteiger partial charge in [0.15, 0.2) is 11.5 Å². The number of benzene rings is 1. The second-order valence-electron chi connectivity index (χ2n) is 6.89. The number of aromatic amines is 1. The van der Waals surface area contributed by atoms with Gasteiger partial charge in [-0.1, -0.05) is 0 Å². The molecule has 0 spiro atoms. The van der Waals surface area contributed by atoms with E-state index in [0.29, 0.717) is 30.3 Å². The monoisotopic (exact) mass is 442 g/mol. The zero-order valence-electron chi connectivity index (χ0n) is 16.7. The van der Waals surface area contributed by atoms with Gasteiger partial charge >= 0.3 is 5.97 Å². The molecular formula is C19H20N7O6-. The van der Waals surface area contributed by atoms with Crippen LogP contribution in [-0.4, -0.2) is 57.8 Å². The van der Waals surface area contributed by atoms with Crippen LogP contribution < -0.4 is 32.3 Å². The summed E-state index contributed by atoms with van der Waals surface area (Å²) in [4.78, 5) is 56.6. The number of aliphatic imine (C=N–C) groups is 1. The first-order valence-electron chi connectivity index (χ1n) is 9.50. The molecule has 0 saturated carbocycles. The van der Waals surface area contributed by atoms with Crippen molar-refractivity contribution in [3.8, 4) is 0 Å². The minimum Gasteiger partial charge on any atom is -0.550 e. The van der Waals surface area contributed by atoms with Crippen LogP contribution in [0.4, 0.5) is 23.1 Å². The van der Waals surface area contributed by atoms with Crippen LogP contribution in [-0.2, 0) is 9.59 Å². The number of rotatable bonds is 9. The summed E-state index contributed by atoms with van der Waals surface area (Å²) in [5, 5.41) is 28.0. The third-order valence-corrected chi connectivity index (χ3v) is 4.53. The molecular weight excluding hydrogens is 422 g/mol. The number of carboxylic acids is 2. The van der Waals surface area contributed by atoms with Gasteiger partial charge in [-0.05, 0) is 37.1 Å². The second-order valence-corrected chi connectivity index (χ2v) is 6.89. The Bertz CT molecular complexity index is 1130. The number of nitrogens with zero attached hydrogens (tertiary/aromatic N) is 2. The normalized spacial score (nSPS) is 13.2. The van der Waals surface area contributed by atoms with E-state index in [1.54, 1.807) is 12.1 Å². The molecule has 1 amide bonds. The number of hydrogen-bond acceptors (Lipinski definition) is 10. The number of fused-ring (bicyclic) bond motifs is 1. The fraction of sp³-hybridized carbons (Fsp3) is 0.263. The minimum atomic E-state index is -1.40. The van der Waals surface area contributed by atoms with E-state index in [1.807, 2.05) is 0 Å². The highest BCUT2D eigenvalue weighted by atomic mass is 16.4. The fourth-order valence-electron chi connectivity index (χ4n) is 2.90. The van der Waals surface area contributed by atoms with Crippen molar-refractivity contribution in [1.82, 2.24) is 15.3 Å². The van der Waals surface area contributed by atoms with Crippen LogP contribution in [0.2, 0.25) is 0 Å². The van der Waals surface area contributed by atoms with Crippen LogP contribution in [0.25, 0.3) is 0 Å². The van der Waals surface area contributed by atoms with Crippen LogP contribution in [0.15, 0.2) is 34.1 Å². The summed E-state index contributed by atoms with van der Waals surface area (Å²) in [6.45, 7) is 0.672. The highest BCUT2D eigenvalue weighted by molar-refractivity contribution is 5.98. The quantitative estimate of drug-likeness (QED) is 0.269. The number of nitrogens with two attached hydrogens (primary N) is 1. The molecule has 3 rings (SSSR count). The Hall–Kier alpha value is -4.42. The lowest BCUT2D eigenvalue weighted by Crippen LogP contribution is -2.41. The van der Waals surface area contributed by atoms with Crippen molar-refractivity contribution in [2.45, 2.75) is 18.9 Å². The molecule has 32 heavy (non-hydrogen) atoms. The maximum Gasteiger partial charge on any atom is 0.326 e. The van der Waals surface area contributed by atoms with E-state index in [4.69, 9.17) is 10.8 Å². The molecule has 13 heteroatoms. The highest BCUT2D eigenvalue weighted by Crippen LogP contribution is 2.21. The van der Waals surface area contributed by atoms with Gasteiger partial charge in [0.1, 0.15) is 6.04 Å². The van der Waals surface area contributed by atoms with Crippen LogP contribution in [0.5, 0.6) is 0 Å². The number of carbonyl (C=O) groups excluding carboxylic acids is 2. The van der Waals surface area contributed by atoms with E-state index >= 15 is 0 Å². The molecule has 13 nitrogen and oxygen atoms in total. The van der Waals surface area contributed by atoms with Crippen LogP contribution in [0.3, 0.4) is 0 Å². The predicted octanol–water partition coefficient (Wildman–Crippen LogP) is -1.32. The molecule has 0 fully saturated rings. The number of nitrogen functional groups attached to an aromatic ring is 1. The van der Waals surface area contributed by atoms with Gasteiger partial charge in [0.2, 0.25) is 5.95 Å². The van der Waals surface area contributed by atoms with Gasteiger partial charge in [-0.25, -0.2) is 9.79 Å². The third-order valence-electron chi connectivity index (χ3n) is 4.53. The lowest BCUT2D eigenvalue weighted by atomic mass is 10.1. The molecule has 168 valence electrons. The molecule has 1 atom stereocenters. The summed E-state index contributed by atoms with van der Waals surface area (Å²) >= 11 is 0. The van der Waals surface area contributed by atoms with Crippen molar-refractivity contribution in [3.63, 3.8) is 0 Å². The summed E-state index contributed by atoms with van der Waals surface area (Å²) < 4.78 is 0. The largest absolute Gasteiger partial charge is 0.550 e. The van der Waals surface area contributed by atoms with Crippen molar-refractivity contribution in [2.75, 3.05) is 29.5 Å². The Labute approximate surface area is 180 Å². The summed E-state index contributed by atoms with van der Waals surface area (Å²) in [6.07, 6.45) is -0.772. The number of H-pyrrole nitrogens is 1. The fourth-order valence-corrected chi connectivity index (χ4v) is 2.90. The molecule has 7 N–H and O–H groups in total. The maximum absolute atomic E-state index is 12.3. The topological polar surface area (TPSA) is 215 Å². The van der Waals surface area contributed by atoms with E-state index < -0.39 is 35.9 Å². The average Bonchev–Trinajstić information content (AvgIpc) is 2.75. The first kappa shape index (κ1) is 22.3. The number of aromatic nitrogens is 2. The van der Waals surface area contributed by atoms with Crippen molar-refractivity contribution >= 4 is 46.7 Å². The molecule has 1 aromatic carbocycles. The van der Waals surface area contributed by atoms with Crippen LogP contribution >= 0.6 is 0 Å². The van der Waals surface area contributed by atoms with E-state index in [0.717, 1.165) is 0 Å². The Morgan fingerprint density at radius 3 is 2.62 bits per heavy atom. The van der Waals surface area contributed by atoms with Gasteiger partial charge in [-0.3, -0.25) is 14.6 Å². The van der Waals surface area contributed by atoms with Crippen LogP contribution in [0, 0.1) is 0 Å². The Morgan fingerprint density at radius 1 is 1.25 bits per heavy atom. The van der Waals surface area contributed by atoms with Gasteiger partial charge < -0.3 is 36.7 Å². The predicted molar refractivity (Wildman–Crippen MR) is 113 cm³/mol. The first-order chi connectivity index (χ1) is 15.2. The van der Waals surface area contributed by atoms with Gasteiger partial charge in [-0.2, -0.15) is 4.98 Å². The zero-order chi connectivity index (χ0) is 23.3. The molecule has 1 aromatic heterocycles. The van der Waals surface area contributed by atoms with Gasteiger partial charge in [0, 0.05) is 17.2 Å². The van der Waals surface area contributed by atoms with Crippen molar-refractivity contribution in [1.29, 1.82) is 0 Å². The van der Waals surface area contributed by atoms with E-state index in [1.165, 1.54) is 12.1 Å². The summed E-state index contributed by atoms with van der Waals surface area (Å²) in [7, 11) is 0. The maximum atomic E-state index is 12.3. The number of carboxylic acid groups (broad SMARTS) is 2. The standard InChI is InChI=1S/C19H21N7O6/c20-19-25-15-14(17(30)26-19)23-11(8-22-15)7-21-10-3-1-9(2-4-10)16(29)24-12(18(31)32)5-6-13(27)28/h1-4,12,21H,5-8H2,(H,24,29)(H,27,28)(H,31,32)(H4,20,22,25,26,30)/p-1/t12-/m0/s1. The minimum absolute atomic E-state index is 0.00396. The van der Waals surface area contributed by atoms with Gasteiger partial charge in [0.05, 0.1) is 18.8 Å². The van der Waals surface area contributed by atoms with E-state index in [2.05, 4.69) is 30.9 Å². The number of nitrogens with one attached hydrogen (secondary N) is 4. The number of carbonyl (C=O) groups is 3. The number of anilines is 3. The van der Waals surface area contributed by atoms with E-state index in [9.17, 15) is 24.3 Å². The molecule has 0 unspecified atom stereocenters. The van der Waals surface area contributed by atoms with Crippen LogP contribution in [0.1, 0.15) is 23.2 Å². The first-order valence-corrected chi connectivity index (χ1v) is 9.50. The summed E-state index contributed by atoms with van der Waals surface area (Å²) in [5.74, 6) is -3.07. The van der Waals surface area contributed by atoms with Crippen molar-refractivity contribution in [2.24, 2.45) is 4.99 Å². The lowest BCUT2D eigenvalue weighted by Gasteiger charge is -2.17. The molecule has 1 aliphatic rings. The molecule has 0 saturated heterocycles. The Morgan fingerprint density at radius 2 is 1.97 bits per heavy atom. The van der Waals surface area contributed by atoms with Crippen molar-refractivity contribution < 1.29 is 24.6 Å². The van der Waals surface area contributed by atoms with Gasteiger partial charge in [-0.15, -0.1) is 0 Å². The SMILES string of the molecule is Nc1nc2c(c(=O)[nH]1)N=C(CNc1ccc(C(=O)N[C@@H](CCC(=O)[O-])C(=O)O)cc1)CN2. The average molecular weight is 442 g/mol. The smallest absolute Gasteiger partial charge is 0.326 e. The molecule has 2 aromatic rings. The Kier molecular flexibility index (Phi) is 6.68. The van der Waals surface area contributed by atoms with Crippen molar-refractivity contribution in [3.05, 3.63) is 40.2 Å². The lowest BCUT2D eigenvalue weighted by molar-refractivity contribution is -0.305. The number of aliphatic carboxylic acids is 2. The second kappa shape index (κ2) is 9.59. The summed E-state index contributed by atoms with van der Waals surface area (Å²) in [6, 6.07) is 4.87. The summed E-state index contributed by atoms with van der Waals surface area (Å²) in [5.41, 5.74) is 6.70. The third kappa shape index (κ3) is 5.59. The van der Waals surface area contributed by atoms with Gasteiger partial charge in [0.25, 0.3) is 11.5 Å². The molecule has 0 aliphatic carbocycles. The molecule has 0 bridgehead atoms. The molecule has 0 radical (unpaired) electrons. The van der Waals surface area contributed by atoms with E-state index in [-0.39, 0.29) is 23.6 Å². The molecule has 2 heterocycles.